The lowest BCUT2D eigenvalue weighted by molar-refractivity contribution is -0.140. The van der Waals surface area contributed by atoms with Crippen LogP contribution in [0.4, 0.5) is 10.6 Å². The van der Waals surface area contributed by atoms with Crippen LogP contribution in [0.15, 0.2) is 66.9 Å². The Labute approximate surface area is 233 Å². The van der Waals surface area contributed by atoms with Crippen LogP contribution in [-0.4, -0.2) is 26.9 Å². The van der Waals surface area contributed by atoms with Gasteiger partial charge in [0.05, 0.1) is 17.2 Å². The largest absolute Gasteiger partial charge is 0.481 e. The van der Waals surface area contributed by atoms with Crippen LogP contribution in [-0.2, 0) is 22.0 Å². The van der Waals surface area contributed by atoms with Gasteiger partial charge < -0.3 is 9.84 Å². The number of benzene rings is 2. The van der Waals surface area contributed by atoms with Gasteiger partial charge in [0.2, 0.25) is 0 Å². The second kappa shape index (κ2) is 9.66. The summed E-state index contributed by atoms with van der Waals surface area (Å²) in [5, 5.41) is 16.9. The van der Waals surface area contributed by atoms with Crippen molar-refractivity contribution in [3.8, 4) is 20.9 Å². The minimum Gasteiger partial charge on any atom is -0.481 e. The molecule has 2 N–H and O–H groups in total. The van der Waals surface area contributed by atoms with E-state index in [1.165, 1.54) is 0 Å². The molecule has 0 saturated heterocycles. The average Bonchev–Trinajstić information content (AvgIpc) is 3.35. The third kappa shape index (κ3) is 4.62. The number of hydrogen-bond donors (Lipinski definition) is 2. The number of hydrogen-bond acceptors (Lipinski definition) is 6. The molecule has 1 amide bonds. The number of carbonyl (C=O) groups excluding carboxylic acids is 1. The molecule has 1 aliphatic carbocycles. The van der Waals surface area contributed by atoms with Crippen LogP contribution in [0.5, 0.6) is 0 Å². The molecule has 3 aromatic heterocycles. The number of fused-ring (bicyclic) bond motifs is 1. The van der Waals surface area contributed by atoms with E-state index in [1.807, 2.05) is 56.3 Å². The second-order valence-electron chi connectivity index (χ2n) is 9.98. The zero-order valence-corrected chi connectivity index (χ0v) is 23.4. The number of rotatable bonds is 7. The minimum absolute atomic E-state index is 0.384. The standard InChI is InChI=1S/C30H27N3O4S2/c1-17-13-20(30(11-12-30)28(34)35)9-10-21(17)23-14-25-26(38-23)15-24(39-25)22-16-31-33(3)27(22)32-29(36)37-18(2)19-7-5-4-6-8-19/h4-10,13-16,18H,11-12H2,1-3H3,(H,32,36)(H,34,35)/t18-/m1/s1. The maximum Gasteiger partial charge on any atom is 0.413 e. The maximum atomic E-state index is 12.7. The van der Waals surface area contributed by atoms with Gasteiger partial charge in [-0.1, -0.05) is 48.5 Å². The van der Waals surface area contributed by atoms with Crippen LogP contribution in [0.25, 0.3) is 30.3 Å². The summed E-state index contributed by atoms with van der Waals surface area (Å²) >= 11 is 3.35. The third-order valence-corrected chi connectivity index (χ3v) is 9.75. The zero-order valence-electron chi connectivity index (χ0n) is 21.7. The second-order valence-corrected chi connectivity index (χ2v) is 12.1. The van der Waals surface area contributed by atoms with E-state index in [-0.39, 0.29) is 6.10 Å². The Morgan fingerprint density at radius 2 is 1.69 bits per heavy atom. The predicted molar refractivity (Wildman–Crippen MR) is 156 cm³/mol. The number of carbonyl (C=O) groups is 2. The highest BCUT2D eigenvalue weighted by Gasteiger charge is 2.51. The topological polar surface area (TPSA) is 93.5 Å². The summed E-state index contributed by atoms with van der Waals surface area (Å²) in [7, 11) is 1.79. The van der Waals surface area contributed by atoms with E-state index in [1.54, 1.807) is 40.6 Å². The van der Waals surface area contributed by atoms with Crippen molar-refractivity contribution in [1.29, 1.82) is 0 Å². The van der Waals surface area contributed by atoms with Crippen molar-refractivity contribution < 1.29 is 19.4 Å². The van der Waals surface area contributed by atoms with Gasteiger partial charge in [-0.2, -0.15) is 5.10 Å². The van der Waals surface area contributed by atoms with Gasteiger partial charge in [0.15, 0.2) is 0 Å². The highest BCUT2D eigenvalue weighted by molar-refractivity contribution is 7.31. The first-order valence-electron chi connectivity index (χ1n) is 12.7. The summed E-state index contributed by atoms with van der Waals surface area (Å²) in [4.78, 5) is 26.6. The Balaban J connectivity index is 1.22. The summed E-state index contributed by atoms with van der Waals surface area (Å²) < 4.78 is 9.53. The summed E-state index contributed by atoms with van der Waals surface area (Å²) in [5.74, 6) is -0.157. The molecule has 0 unspecified atom stereocenters. The van der Waals surface area contributed by atoms with Gasteiger partial charge in [-0.25, -0.2) is 4.79 Å². The first-order valence-corrected chi connectivity index (χ1v) is 14.3. The van der Waals surface area contributed by atoms with Crippen molar-refractivity contribution in [2.45, 2.75) is 38.2 Å². The van der Waals surface area contributed by atoms with Gasteiger partial charge in [0.25, 0.3) is 0 Å². The SMILES string of the molecule is Cc1cc(C2(C(=O)O)CC2)ccc1-c1cc2sc(-c3cnn(C)c3NC(=O)O[C@H](C)c3ccccc3)cc2s1. The monoisotopic (exact) mass is 557 g/mol. The lowest BCUT2D eigenvalue weighted by Gasteiger charge is -2.14. The Bertz CT molecular complexity index is 1680. The van der Waals surface area contributed by atoms with E-state index in [0.29, 0.717) is 18.7 Å². The van der Waals surface area contributed by atoms with Crippen molar-refractivity contribution in [3.05, 3.63) is 83.6 Å². The number of ether oxygens (including phenoxy) is 1. The van der Waals surface area contributed by atoms with Gasteiger partial charge >= 0.3 is 12.1 Å². The van der Waals surface area contributed by atoms with E-state index >= 15 is 0 Å². The van der Waals surface area contributed by atoms with Crippen LogP contribution in [0.1, 0.15) is 42.6 Å². The van der Waals surface area contributed by atoms with Crippen molar-refractivity contribution in [3.63, 3.8) is 0 Å². The molecule has 1 aliphatic rings. The number of aliphatic carboxylic acids is 1. The summed E-state index contributed by atoms with van der Waals surface area (Å²) in [6, 6.07) is 20.0. The summed E-state index contributed by atoms with van der Waals surface area (Å²) in [6.45, 7) is 3.89. The van der Waals surface area contributed by atoms with Crippen molar-refractivity contribution in [2.75, 3.05) is 5.32 Å². The fourth-order valence-corrected chi connectivity index (χ4v) is 7.43. The van der Waals surface area contributed by atoms with E-state index < -0.39 is 17.5 Å². The number of thiophene rings is 2. The Kier molecular flexibility index (Phi) is 6.28. The van der Waals surface area contributed by atoms with Crippen molar-refractivity contribution in [2.24, 2.45) is 7.05 Å². The van der Waals surface area contributed by atoms with E-state index in [9.17, 15) is 14.7 Å². The fourth-order valence-electron chi connectivity index (χ4n) is 4.93. The molecule has 1 atom stereocenters. The molecular weight excluding hydrogens is 530 g/mol. The van der Waals surface area contributed by atoms with E-state index in [4.69, 9.17) is 4.74 Å². The van der Waals surface area contributed by atoms with Gasteiger partial charge in [-0.15, -0.1) is 22.7 Å². The molecule has 1 fully saturated rings. The third-order valence-electron chi connectivity index (χ3n) is 7.39. The average molecular weight is 558 g/mol. The molecule has 7 nitrogen and oxygen atoms in total. The molecule has 6 rings (SSSR count). The normalized spacial score (nSPS) is 14.7. The molecule has 0 spiro atoms. The zero-order chi connectivity index (χ0) is 27.3. The molecule has 0 aliphatic heterocycles. The van der Waals surface area contributed by atoms with Crippen molar-refractivity contribution in [1.82, 2.24) is 9.78 Å². The van der Waals surface area contributed by atoms with Crippen molar-refractivity contribution >= 4 is 50.0 Å². The van der Waals surface area contributed by atoms with Gasteiger partial charge in [-0.05, 0) is 61.1 Å². The number of nitrogens with one attached hydrogen (secondary N) is 1. The van der Waals surface area contributed by atoms with Crippen LogP contribution in [0.2, 0.25) is 0 Å². The van der Waals surface area contributed by atoms with Crippen LogP contribution in [0, 0.1) is 6.92 Å². The smallest absolute Gasteiger partial charge is 0.413 e. The van der Waals surface area contributed by atoms with Gasteiger partial charge in [0, 0.05) is 26.2 Å². The quantitative estimate of drug-likeness (QED) is 0.213. The van der Waals surface area contributed by atoms with Crippen LogP contribution < -0.4 is 5.32 Å². The number of carboxylic acid groups (broad SMARTS) is 1. The molecule has 2 aromatic carbocycles. The molecule has 1 saturated carbocycles. The molecule has 3 heterocycles. The van der Waals surface area contributed by atoms with Crippen LogP contribution >= 0.6 is 22.7 Å². The summed E-state index contributed by atoms with van der Waals surface area (Å²) in [6.07, 6.45) is 2.24. The Morgan fingerprint density at radius 1 is 1.03 bits per heavy atom. The first kappa shape index (κ1) is 25.3. The van der Waals surface area contributed by atoms with E-state index in [2.05, 4.69) is 28.6 Å². The van der Waals surface area contributed by atoms with E-state index in [0.717, 1.165) is 47.0 Å². The Hall–Kier alpha value is -3.95. The molecule has 9 heteroatoms. The molecule has 0 bridgehead atoms. The number of nitrogens with zero attached hydrogens (tertiary/aromatic N) is 2. The highest BCUT2D eigenvalue weighted by atomic mass is 32.1. The number of anilines is 1. The lowest BCUT2D eigenvalue weighted by Crippen LogP contribution is -2.19. The fraction of sp³-hybridized carbons (Fsp3) is 0.233. The molecule has 5 aromatic rings. The number of aromatic nitrogens is 2. The molecule has 0 radical (unpaired) electrons. The maximum absolute atomic E-state index is 12.7. The van der Waals surface area contributed by atoms with Gasteiger partial charge in [-0.3, -0.25) is 14.8 Å². The molecular formula is C30H27N3O4S2. The molecule has 198 valence electrons. The van der Waals surface area contributed by atoms with Crippen LogP contribution in [0.3, 0.4) is 0 Å². The number of amides is 1. The minimum atomic E-state index is -0.734. The highest BCUT2D eigenvalue weighted by Crippen LogP contribution is 2.50. The number of aryl methyl sites for hydroxylation is 2. The predicted octanol–water partition coefficient (Wildman–Crippen LogP) is 7.76. The van der Waals surface area contributed by atoms with Gasteiger partial charge in [0.1, 0.15) is 11.9 Å². The summed E-state index contributed by atoms with van der Waals surface area (Å²) in [5.41, 5.74) is 4.15. The first-order chi connectivity index (χ1) is 18.7. The Morgan fingerprint density at radius 3 is 2.31 bits per heavy atom. The number of carboxylic acids is 1. The lowest BCUT2D eigenvalue weighted by atomic mass is 9.92. The molecule has 39 heavy (non-hydrogen) atoms.